The van der Waals surface area contributed by atoms with Gasteiger partial charge in [0.15, 0.2) is 0 Å². The highest BCUT2D eigenvalue weighted by atomic mass is 19.1. The molecule has 1 fully saturated rings. The Balaban J connectivity index is 1.11. The lowest BCUT2D eigenvalue weighted by Gasteiger charge is -2.31. The van der Waals surface area contributed by atoms with Crippen molar-refractivity contribution in [3.63, 3.8) is 0 Å². The molecule has 1 aromatic heterocycles. The lowest BCUT2D eigenvalue weighted by atomic mass is 9.93. The zero-order valence-electron chi connectivity index (χ0n) is 18.7. The van der Waals surface area contributed by atoms with Crippen LogP contribution in [0.2, 0.25) is 0 Å². The van der Waals surface area contributed by atoms with E-state index in [-0.39, 0.29) is 5.82 Å². The van der Waals surface area contributed by atoms with Crippen molar-refractivity contribution < 1.29 is 9.13 Å². The Labute approximate surface area is 194 Å². The minimum absolute atomic E-state index is 0.234. The Morgan fingerprint density at radius 3 is 2.45 bits per heavy atom. The monoisotopic (exact) mass is 441 g/mol. The Bertz CT molecular complexity index is 1190. The molecule has 3 aromatic carbocycles. The number of piperidine rings is 1. The molecule has 0 atom stereocenters. The highest BCUT2D eigenvalue weighted by molar-refractivity contribution is 5.84. The first kappa shape index (κ1) is 21.5. The Morgan fingerprint density at radius 1 is 0.909 bits per heavy atom. The van der Waals surface area contributed by atoms with E-state index < -0.39 is 0 Å². The van der Waals surface area contributed by atoms with Gasteiger partial charge in [-0.15, -0.1) is 0 Å². The molecule has 0 amide bonds. The molecule has 0 radical (unpaired) electrons. The quantitative estimate of drug-likeness (QED) is 0.346. The number of halogens is 1. The molecule has 0 spiro atoms. The van der Waals surface area contributed by atoms with E-state index in [1.54, 1.807) is 18.3 Å². The highest BCUT2D eigenvalue weighted by Gasteiger charge is 2.19. The minimum atomic E-state index is -0.234. The Kier molecular flexibility index (Phi) is 6.58. The summed E-state index contributed by atoms with van der Waals surface area (Å²) in [6, 6.07) is 23.6. The van der Waals surface area contributed by atoms with Gasteiger partial charge in [0.1, 0.15) is 5.82 Å². The van der Waals surface area contributed by atoms with Gasteiger partial charge in [-0.3, -0.25) is 4.90 Å². The maximum Gasteiger partial charge on any atom is 0.316 e. The summed E-state index contributed by atoms with van der Waals surface area (Å²) < 4.78 is 19.1. The van der Waals surface area contributed by atoms with Crippen LogP contribution >= 0.6 is 0 Å². The van der Waals surface area contributed by atoms with Crippen molar-refractivity contribution >= 4 is 10.9 Å². The van der Waals surface area contributed by atoms with Gasteiger partial charge in [-0.1, -0.05) is 48.5 Å². The molecule has 4 aromatic rings. The second-order valence-corrected chi connectivity index (χ2v) is 8.78. The summed E-state index contributed by atoms with van der Waals surface area (Å²) in [4.78, 5) is 11.5. The van der Waals surface area contributed by atoms with E-state index in [0.717, 1.165) is 48.1 Å². The third-order valence-corrected chi connectivity index (χ3v) is 6.45. The van der Waals surface area contributed by atoms with Gasteiger partial charge in [-0.05, 0) is 79.2 Å². The lowest BCUT2D eigenvalue weighted by Crippen LogP contribution is -2.33. The van der Waals surface area contributed by atoms with Crippen molar-refractivity contribution in [2.75, 3.05) is 19.7 Å². The molecule has 2 heterocycles. The van der Waals surface area contributed by atoms with Gasteiger partial charge in [0.05, 0.1) is 12.1 Å². The van der Waals surface area contributed by atoms with Crippen molar-refractivity contribution in [3.05, 3.63) is 90.4 Å². The second-order valence-electron chi connectivity index (χ2n) is 8.78. The van der Waals surface area contributed by atoms with Gasteiger partial charge in [0.2, 0.25) is 0 Å². The fraction of sp³-hybridized carbons (Fsp3) is 0.286. The Morgan fingerprint density at radius 2 is 1.67 bits per heavy atom. The van der Waals surface area contributed by atoms with Crippen molar-refractivity contribution in [1.82, 2.24) is 14.9 Å². The molecular weight excluding hydrogens is 413 g/mol. The summed E-state index contributed by atoms with van der Waals surface area (Å²) in [5.41, 5.74) is 4.21. The van der Waals surface area contributed by atoms with Crippen molar-refractivity contribution in [3.8, 4) is 17.1 Å². The molecule has 0 N–H and O–H groups in total. The maximum atomic E-state index is 13.2. The van der Waals surface area contributed by atoms with E-state index in [2.05, 4.69) is 45.2 Å². The molecule has 4 nitrogen and oxygen atoms in total. The maximum absolute atomic E-state index is 13.2. The van der Waals surface area contributed by atoms with Gasteiger partial charge in [0, 0.05) is 18.1 Å². The van der Waals surface area contributed by atoms with Crippen LogP contribution in [0, 0.1) is 11.7 Å². The van der Waals surface area contributed by atoms with E-state index in [9.17, 15) is 4.39 Å². The van der Waals surface area contributed by atoms with E-state index in [4.69, 9.17) is 4.74 Å². The van der Waals surface area contributed by atoms with Gasteiger partial charge in [-0.25, -0.2) is 9.37 Å². The number of benzene rings is 3. The fourth-order valence-corrected chi connectivity index (χ4v) is 4.50. The van der Waals surface area contributed by atoms with Crippen LogP contribution in [-0.2, 0) is 6.54 Å². The van der Waals surface area contributed by atoms with Crippen LogP contribution < -0.4 is 4.74 Å². The van der Waals surface area contributed by atoms with Crippen LogP contribution in [0.15, 0.2) is 79.0 Å². The van der Waals surface area contributed by atoms with Crippen LogP contribution in [-0.4, -0.2) is 34.6 Å². The van der Waals surface area contributed by atoms with E-state index >= 15 is 0 Å². The van der Waals surface area contributed by atoms with Crippen LogP contribution in [0.5, 0.6) is 6.01 Å². The smallest absolute Gasteiger partial charge is 0.316 e. The third-order valence-electron chi connectivity index (χ3n) is 6.45. The van der Waals surface area contributed by atoms with Crippen molar-refractivity contribution in [1.29, 1.82) is 0 Å². The molecule has 5 rings (SSSR count). The molecule has 33 heavy (non-hydrogen) atoms. The topological polar surface area (TPSA) is 38.2 Å². The van der Waals surface area contributed by atoms with Crippen molar-refractivity contribution in [2.45, 2.75) is 25.8 Å². The summed E-state index contributed by atoms with van der Waals surface area (Å²) in [6.07, 6.45) is 5.25. The molecule has 1 aliphatic rings. The average molecular weight is 442 g/mol. The number of ether oxygens (including phenoxy) is 1. The van der Waals surface area contributed by atoms with Crippen molar-refractivity contribution in [2.24, 2.45) is 5.92 Å². The average Bonchev–Trinajstić information content (AvgIpc) is 2.86. The van der Waals surface area contributed by atoms with E-state index in [0.29, 0.717) is 18.5 Å². The Hall–Kier alpha value is -3.31. The number of rotatable bonds is 7. The second kappa shape index (κ2) is 10.1. The molecule has 0 bridgehead atoms. The molecule has 168 valence electrons. The minimum Gasteiger partial charge on any atom is -0.463 e. The predicted octanol–water partition coefficient (Wildman–Crippen LogP) is 6.12. The zero-order chi connectivity index (χ0) is 22.5. The number of fused-ring (bicyclic) bond motifs is 1. The van der Waals surface area contributed by atoms with E-state index in [1.807, 2.05) is 18.2 Å². The highest BCUT2D eigenvalue weighted by Crippen LogP contribution is 2.25. The fourth-order valence-electron chi connectivity index (χ4n) is 4.50. The van der Waals surface area contributed by atoms with Gasteiger partial charge in [0.25, 0.3) is 0 Å². The predicted molar refractivity (Wildman–Crippen MR) is 129 cm³/mol. The summed E-state index contributed by atoms with van der Waals surface area (Å²) in [7, 11) is 0. The van der Waals surface area contributed by atoms with Gasteiger partial charge < -0.3 is 4.74 Å². The molecule has 1 saturated heterocycles. The molecule has 0 saturated carbocycles. The van der Waals surface area contributed by atoms with Crippen LogP contribution in [0.4, 0.5) is 4.39 Å². The van der Waals surface area contributed by atoms with Crippen LogP contribution in [0.3, 0.4) is 0 Å². The largest absolute Gasteiger partial charge is 0.463 e. The van der Waals surface area contributed by atoms with Gasteiger partial charge in [-0.2, -0.15) is 4.98 Å². The summed E-state index contributed by atoms with van der Waals surface area (Å²) in [6.45, 7) is 3.96. The zero-order valence-corrected chi connectivity index (χ0v) is 18.7. The first-order valence-corrected chi connectivity index (χ1v) is 11.6. The molecule has 1 aliphatic heterocycles. The molecule has 5 heteroatoms. The number of hydrogen-bond acceptors (Lipinski definition) is 4. The first-order chi connectivity index (χ1) is 16.2. The lowest BCUT2D eigenvalue weighted by molar-refractivity contribution is 0.155. The number of nitrogens with zero attached hydrogens (tertiary/aromatic N) is 3. The SMILES string of the molecule is Fc1ccc(-c2ccc3nc(OCCC4CCN(Cc5ccccc5)CC4)ncc3c2)cc1. The standard InChI is InChI=1S/C28H28FN3O/c29-26-9-6-23(7-10-26)24-8-11-27-25(18-24)19-30-28(31-27)33-17-14-21-12-15-32(16-13-21)20-22-4-2-1-3-5-22/h1-11,18-19,21H,12-17,20H2. The van der Waals surface area contributed by atoms with Crippen LogP contribution in [0.25, 0.3) is 22.0 Å². The molecule has 0 unspecified atom stereocenters. The van der Waals surface area contributed by atoms with Crippen LogP contribution in [0.1, 0.15) is 24.8 Å². The summed E-state index contributed by atoms with van der Waals surface area (Å²) in [5, 5.41) is 0.940. The third kappa shape index (κ3) is 5.55. The molecular formula is C28H28FN3O. The normalized spacial score (nSPS) is 15.1. The van der Waals surface area contributed by atoms with Gasteiger partial charge >= 0.3 is 6.01 Å². The summed E-state index contributed by atoms with van der Waals surface area (Å²) >= 11 is 0. The number of hydrogen-bond donors (Lipinski definition) is 0. The number of likely N-dealkylation sites (tertiary alicyclic amines) is 1. The summed E-state index contributed by atoms with van der Waals surface area (Å²) in [5.74, 6) is 0.457. The number of aromatic nitrogens is 2. The first-order valence-electron chi connectivity index (χ1n) is 11.6. The molecule has 0 aliphatic carbocycles. The van der Waals surface area contributed by atoms with E-state index in [1.165, 1.54) is 30.5 Å².